The summed E-state index contributed by atoms with van der Waals surface area (Å²) < 4.78 is 5.42. The van der Waals surface area contributed by atoms with Gasteiger partial charge in [0.25, 0.3) is 0 Å². The van der Waals surface area contributed by atoms with Crippen LogP contribution in [0.25, 0.3) is 0 Å². The number of rotatable bonds is 10. The van der Waals surface area contributed by atoms with Gasteiger partial charge in [0.1, 0.15) is 0 Å². The molecule has 0 heterocycles. The molecule has 0 aromatic heterocycles. The van der Waals surface area contributed by atoms with E-state index < -0.39 is 11.4 Å². The third-order valence-corrected chi connectivity index (χ3v) is 4.36. The Kier molecular flexibility index (Phi) is 7.75. The van der Waals surface area contributed by atoms with Crippen LogP contribution in [-0.4, -0.2) is 23.6 Å². The minimum absolute atomic E-state index is 0.00294. The lowest BCUT2D eigenvalue weighted by Gasteiger charge is -2.25. The van der Waals surface area contributed by atoms with Crippen LogP contribution >= 0.6 is 0 Å². The number of carbonyl (C=O) groups is 2. The fraction of sp³-hybridized carbons (Fsp3) is 0.556. The fourth-order valence-corrected chi connectivity index (χ4v) is 2.52. The van der Waals surface area contributed by atoms with E-state index in [4.69, 9.17) is 4.74 Å². The van der Waals surface area contributed by atoms with Crippen LogP contribution in [0.2, 0.25) is 0 Å². The minimum Gasteiger partial charge on any atom is -0.481 e. The molecule has 0 unspecified atom stereocenters. The van der Waals surface area contributed by atoms with Crippen molar-refractivity contribution in [2.24, 2.45) is 5.41 Å². The SMILES string of the molecule is CCOCc1ccccc1CNC(=O)CC(CC)(CC)C(=O)O. The second-order valence-corrected chi connectivity index (χ2v) is 5.65. The topological polar surface area (TPSA) is 75.6 Å². The molecule has 128 valence electrons. The molecule has 2 N–H and O–H groups in total. The molecule has 0 saturated heterocycles. The molecule has 1 aromatic carbocycles. The van der Waals surface area contributed by atoms with Crippen molar-refractivity contribution in [1.29, 1.82) is 0 Å². The highest BCUT2D eigenvalue weighted by molar-refractivity contribution is 5.84. The molecular weight excluding hydrogens is 294 g/mol. The third-order valence-electron chi connectivity index (χ3n) is 4.36. The summed E-state index contributed by atoms with van der Waals surface area (Å²) in [6.45, 7) is 7.07. The van der Waals surface area contributed by atoms with Crippen LogP contribution in [0.4, 0.5) is 0 Å². The van der Waals surface area contributed by atoms with E-state index in [1.165, 1.54) is 0 Å². The number of carboxylic acid groups (broad SMARTS) is 1. The number of nitrogens with one attached hydrogen (secondary N) is 1. The molecular formula is C18H27NO4. The van der Waals surface area contributed by atoms with E-state index in [1.54, 1.807) is 0 Å². The highest BCUT2D eigenvalue weighted by Gasteiger charge is 2.37. The third kappa shape index (κ3) is 5.36. The molecule has 5 nitrogen and oxygen atoms in total. The average Bonchev–Trinajstić information content (AvgIpc) is 2.56. The molecule has 23 heavy (non-hydrogen) atoms. The lowest BCUT2D eigenvalue weighted by molar-refractivity contribution is -0.152. The van der Waals surface area contributed by atoms with Crippen molar-refractivity contribution in [1.82, 2.24) is 5.32 Å². The van der Waals surface area contributed by atoms with Gasteiger partial charge in [0, 0.05) is 19.6 Å². The summed E-state index contributed by atoms with van der Waals surface area (Å²) >= 11 is 0. The second-order valence-electron chi connectivity index (χ2n) is 5.65. The Balaban J connectivity index is 2.68. The van der Waals surface area contributed by atoms with E-state index in [0.717, 1.165) is 11.1 Å². The Bertz CT molecular complexity index is 524. The highest BCUT2D eigenvalue weighted by Crippen LogP contribution is 2.30. The second kappa shape index (κ2) is 9.30. The maximum atomic E-state index is 12.2. The Morgan fingerprint density at radius 1 is 1.13 bits per heavy atom. The van der Waals surface area contributed by atoms with Crippen LogP contribution in [0.1, 0.15) is 51.2 Å². The number of carbonyl (C=O) groups excluding carboxylic acids is 1. The normalized spacial score (nSPS) is 11.3. The first-order chi connectivity index (χ1) is 11.0. The van der Waals surface area contributed by atoms with Crippen LogP contribution in [0.3, 0.4) is 0 Å². The molecule has 0 aliphatic rings. The molecule has 1 amide bonds. The van der Waals surface area contributed by atoms with Gasteiger partial charge in [0.05, 0.1) is 12.0 Å². The largest absolute Gasteiger partial charge is 0.481 e. The van der Waals surface area contributed by atoms with E-state index in [1.807, 2.05) is 45.0 Å². The molecule has 0 spiro atoms. The number of hydrogen-bond donors (Lipinski definition) is 2. The molecule has 0 aliphatic carbocycles. The number of hydrogen-bond acceptors (Lipinski definition) is 3. The number of carboxylic acids is 1. The lowest BCUT2D eigenvalue weighted by atomic mass is 9.79. The molecule has 0 bridgehead atoms. The molecule has 1 aromatic rings. The first kappa shape index (κ1) is 19.2. The van der Waals surface area contributed by atoms with Gasteiger partial charge in [0.15, 0.2) is 0 Å². The maximum absolute atomic E-state index is 12.2. The molecule has 0 atom stereocenters. The van der Waals surface area contributed by atoms with E-state index >= 15 is 0 Å². The van der Waals surface area contributed by atoms with Gasteiger partial charge in [-0.05, 0) is 30.9 Å². The summed E-state index contributed by atoms with van der Waals surface area (Å²) in [4.78, 5) is 23.6. The standard InChI is InChI=1S/C18H27NO4/c1-4-18(5-2,17(21)22)11-16(20)19-12-14-9-7-8-10-15(14)13-23-6-3/h7-10H,4-6,11-13H2,1-3H3,(H,19,20)(H,21,22). The Morgan fingerprint density at radius 2 is 1.74 bits per heavy atom. The van der Waals surface area contributed by atoms with Gasteiger partial charge in [-0.2, -0.15) is 0 Å². The molecule has 0 saturated carbocycles. The summed E-state index contributed by atoms with van der Waals surface area (Å²) in [7, 11) is 0. The predicted octanol–water partition coefficient (Wildman–Crippen LogP) is 3.12. The maximum Gasteiger partial charge on any atom is 0.310 e. The van der Waals surface area contributed by atoms with Crippen molar-refractivity contribution in [3.05, 3.63) is 35.4 Å². The number of aliphatic carboxylic acids is 1. The zero-order valence-corrected chi connectivity index (χ0v) is 14.2. The van der Waals surface area contributed by atoms with Crippen molar-refractivity contribution >= 4 is 11.9 Å². The van der Waals surface area contributed by atoms with Gasteiger partial charge in [0.2, 0.25) is 5.91 Å². The zero-order valence-electron chi connectivity index (χ0n) is 14.2. The van der Waals surface area contributed by atoms with Gasteiger partial charge in [-0.1, -0.05) is 38.1 Å². The van der Waals surface area contributed by atoms with Crippen molar-refractivity contribution in [2.75, 3.05) is 6.61 Å². The van der Waals surface area contributed by atoms with Gasteiger partial charge >= 0.3 is 5.97 Å². The fourth-order valence-electron chi connectivity index (χ4n) is 2.52. The Labute approximate surface area is 138 Å². The van der Waals surface area contributed by atoms with Crippen LogP contribution in [-0.2, 0) is 27.5 Å². The monoisotopic (exact) mass is 321 g/mol. The zero-order chi connectivity index (χ0) is 17.3. The summed E-state index contributed by atoms with van der Waals surface area (Å²) in [6, 6.07) is 7.76. The predicted molar refractivity (Wildman–Crippen MR) is 88.9 cm³/mol. The molecule has 0 fully saturated rings. The van der Waals surface area contributed by atoms with Crippen LogP contribution in [0.15, 0.2) is 24.3 Å². The quantitative estimate of drug-likeness (QED) is 0.694. The van der Waals surface area contributed by atoms with Crippen molar-refractivity contribution in [3.8, 4) is 0 Å². The summed E-state index contributed by atoms with van der Waals surface area (Å²) in [6.07, 6.45) is 0.878. The van der Waals surface area contributed by atoms with E-state index in [9.17, 15) is 14.7 Å². The van der Waals surface area contributed by atoms with Crippen molar-refractivity contribution in [3.63, 3.8) is 0 Å². The molecule has 0 radical (unpaired) electrons. The van der Waals surface area contributed by atoms with Crippen molar-refractivity contribution in [2.45, 2.75) is 53.2 Å². The van der Waals surface area contributed by atoms with Gasteiger partial charge in [-0.15, -0.1) is 0 Å². The van der Waals surface area contributed by atoms with Crippen molar-refractivity contribution < 1.29 is 19.4 Å². The summed E-state index contributed by atoms with van der Waals surface area (Å²) in [5.41, 5.74) is 1.04. The first-order valence-electron chi connectivity index (χ1n) is 8.13. The number of benzene rings is 1. The van der Waals surface area contributed by atoms with Crippen LogP contribution in [0.5, 0.6) is 0 Å². The van der Waals surface area contributed by atoms with Gasteiger partial charge < -0.3 is 15.2 Å². The van der Waals surface area contributed by atoms with Gasteiger partial charge in [-0.3, -0.25) is 9.59 Å². The van der Waals surface area contributed by atoms with Gasteiger partial charge in [-0.25, -0.2) is 0 Å². The smallest absolute Gasteiger partial charge is 0.310 e. The van der Waals surface area contributed by atoms with E-state index in [-0.39, 0.29) is 12.3 Å². The minimum atomic E-state index is -0.977. The Hall–Kier alpha value is -1.88. The van der Waals surface area contributed by atoms with Crippen LogP contribution < -0.4 is 5.32 Å². The Morgan fingerprint density at radius 3 is 2.26 bits per heavy atom. The summed E-state index contributed by atoms with van der Waals surface area (Å²) in [5.74, 6) is -1.14. The first-order valence-corrected chi connectivity index (χ1v) is 8.13. The average molecular weight is 321 g/mol. The van der Waals surface area contributed by atoms with E-state index in [2.05, 4.69) is 5.32 Å². The number of amides is 1. The lowest BCUT2D eigenvalue weighted by Crippen LogP contribution is -2.36. The molecule has 5 heteroatoms. The number of ether oxygens (including phenoxy) is 1. The highest BCUT2D eigenvalue weighted by atomic mass is 16.5. The summed E-state index contributed by atoms with van der Waals surface area (Å²) in [5, 5.41) is 12.2. The van der Waals surface area contributed by atoms with Crippen LogP contribution in [0, 0.1) is 5.41 Å². The molecule has 1 rings (SSSR count). The van der Waals surface area contributed by atoms with E-state index in [0.29, 0.717) is 32.6 Å². The molecule has 0 aliphatic heterocycles.